The second-order valence-electron chi connectivity index (χ2n) is 8.31. The quantitative estimate of drug-likeness (QED) is 0.634. The summed E-state index contributed by atoms with van der Waals surface area (Å²) in [5, 5.41) is 0.608. The van der Waals surface area contributed by atoms with Crippen molar-refractivity contribution < 1.29 is 14.3 Å². The predicted molar refractivity (Wildman–Crippen MR) is 116 cm³/mol. The fraction of sp³-hybridized carbons (Fsp3) is 0.636. The Morgan fingerprint density at radius 2 is 1.55 bits per heavy atom. The highest BCUT2D eigenvalue weighted by Gasteiger charge is 2.28. The minimum Gasteiger partial charge on any atom is -0.410 e. The van der Waals surface area contributed by atoms with Crippen LogP contribution in [0.25, 0.3) is 0 Å². The summed E-state index contributed by atoms with van der Waals surface area (Å²) in [4.78, 5) is 30.4. The van der Waals surface area contributed by atoms with Crippen molar-refractivity contribution in [2.24, 2.45) is 11.8 Å². The molecule has 162 valence electrons. The first kappa shape index (κ1) is 23.5. The first-order valence-corrected chi connectivity index (χ1v) is 10.7. The molecular formula is C22H34ClN3O3. The maximum Gasteiger partial charge on any atom is 0.414 e. The van der Waals surface area contributed by atoms with E-state index in [9.17, 15) is 9.59 Å². The van der Waals surface area contributed by atoms with Gasteiger partial charge in [0.15, 0.2) is 0 Å². The molecule has 0 N–H and O–H groups in total. The monoisotopic (exact) mass is 423 g/mol. The van der Waals surface area contributed by atoms with Gasteiger partial charge in [-0.05, 0) is 76.4 Å². The van der Waals surface area contributed by atoms with Gasteiger partial charge in [0, 0.05) is 44.7 Å². The number of likely N-dealkylation sites (N-methyl/N-ethyl adjacent to an activating group) is 2. The number of carbonyl (C=O) groups is 2. The zero-order valence-electron chi connectivity index (χ0n) is 18.1. The van der Waals surface area contributed by atoms with Crippen LogP contribution in [0.4, 0.5) is 4.79 Å². The fourth-order valence-corrected chi connectivity index (χ4v) is 3.74. The van der Waals surface area contributed by atoms with Crippen molar-refractivity contribution in [3.05, 3.63) is 29.3 Å². The maximum absolute atomic E-state index is 12.6. The first-order chi connectivity index (χ1) is 13.8. The molecule has 1 aromatic carbocycles. The first-order valence-electron chi connectivity index (χ1n) is 10.3. The Balaban J connectivity index is 1.68. The molecule has 7 heteroatoms. The van der Waals surface area contributed by atoms with E-state index >= 15 is 0 Å². The lowest BCUT2D eigenvalue weighted by atomic mass is 9.80. The molecule has 2 rings (SSSR count). The lowest BCUT2D eigenvalue weighted by molar-refractivity contribution is -0.135. The van der Waals surface area contributed by atoms with Crippen LogP contribution in [0.5, 0.6) is 5.75 Å². The second kappa shape index (κ2) is 11.4. The van der Waals surface area contributed by atoms with Crippen LogP contribution in [0.1, 0.15) is 32.1 Å². The van der Waals surface area contributed by atoms with Crippen molar-refractivity contribution in [1.29, 1.82) is 0 Å². The van der Waals surface area contributed by atoms with E-state index in [0.29, 0.717) is 23.2 Å². The van der Waals surface area contributed by atoms with Crippen LogP contribution in [0.15, 0.2) is 24.3 Å². The molecule has 0 saturated heterocycles. The Hall–Kier alpha value is -1.79. The van der Waals surface area contributed by atoms with Gasteiger partial charge >= 0.3 is 6.09 Å². The number of benzene rings is 1. The highest BCUT2D eigenvalue weighted by molar-refractivity contribution is 6.30. The Labute approximate surface area is 179 Å². The molecule has 1 aliphatic rings. The summed E-state index contributed by atoms with van der Waals surface area (Å²) in [5.41, 5.74) is 0. The van der Waals surface area contributed by atoms with Crippen molar-refractivity contribution in [1.82, 2.24) is 14.7 Å². The van der Waals surface area contributed by atoms with Gasteiger partial charge in [-0.1, -0.05) is 11.6 Å². The van der Waals surface area contributed by atoms with Gasteiger partial charge in [0.1, 0.15) is 5.75 Å². The van der Waals surface area contributed by atoms with Gasteiger partial charge < -0.3 is 19.4 Å². The second-order valence-corrected chi connectivity index (χ2v) is 8.75. The summed E-state index contributed by atoms with van der Waals surface area (Å²) < 4.78 is 5.36. The molecule has 29 heavy (non-hydrogen) atoms. The largest absolute Gasteiger partial charge is 0.414 e. The average molecular weight is 424 g/mol. The molecule has 0 bridgehead atoms. The van der Waals surface area contributed by atoms with Crippen molar-refractivity contribution >= 4 is 23.6 Å². The Morgan fingerprint density at radius 1 is 0.931 bits per heavy atom. The van der Waals surface area contributed by atoms with E-state index in [1.54, 1.807) is 36.2 Å². The van der Waals surface area contributed by atoms with E-state index in [2.05, 4.69) is 4.90 Å². The molecule has 2 amide bonds. The van der Waals surface area contributed by atoms with Gasteiger partial charge in [0.05, 0.1) is 0 Å². The molecule has 0 spiro atoms. The normalized spacial score (nSPS) is 19.1. The Morgan fingerprint density at radius 3 is 2.14 bits per heavy atom. The lowest BCUT2D eigenvalue weighted by Crippen LogP contribution is -2.39. The summed E-state index contributed by atoms with van der Waals surface area (Å²) in [5.74, 6) is 1.46. The highest BCUT2D eigenvalue weighted by atomic mass is 35.5. The third-order valence-electron chi connectivity index (χ3n) is 5.66. The highest BCUT2D eigenvalue weighted by Crippen LogP contribution is 2.32. The molecule has 1 aromatic rings. The molecule has 0 aromatic heterocycles. The third kappa shape index (κ3) is 7.86. The standard InChI is InChI=1S/C22H34ClN3O3/c1-24(2)15-16-25(3)21(27)18-7-5-17(6-8-18)13-14-26(4)22(28)29-20-11-9-19(23)10-12-20/h9-12,17-18H,5-8,13-16H2,1-4H3/t17-,18-. The smallest absolute Gasteiger partial charge is 0.410 e. The van der Waals surface area contributed by atoms with Crippen molar-refractivity contribution in [2.75, 3.05) is 47.8 Å². The van der Waals surface area contributed by atoms with Gasteiger partial charge in [0.25, 0.3) is 0 Å². The molecule has 0 atom stereocenters. The van der Waals surface area contributed by atoms with E-state index in [1.807, 2.05) is 26.0 Å². The molecule has 1 fully saturated rings. The molecule has 0 heterocycles. The number of nitrogens with zero attached hydrogens (tertiary/aromatic N) is 3. The minimum atomic E-state index is -0.362. The summed E-state index contributed by atoms with van der Waals surface area (Å²) in [6.45, 7) is 2.31. The van der Waals surface area contributed by atoms with Crippen LogP contribution in [0.3, 0.4) is 0 Å². The molecule has 0 unspecified atom stereocenters. The number of amides is 2. The van der Waals surface area contributed by atoms with Crippen LogP contribution < -0.4 is 4.74 Å². The predicted octanol–water partition coefficient (Wildman–Crippen LogP) is 3.99. The van der Waals surface area contributed by atoms with Crippen LogP contribution >= 0.6 is 11.6 Å². The topological polar surface area (TPSA) is 53.1 Å². The lowest BCUT2D eigenvalue weighted by Gasteiger charge is -2.31. The Kier molecular flexibility index (Phi) is 9.24. The summed E-state index contributed by atoms with van der Waals surface area (Å²) >= 11 is 5.85. The molecule has 1 aliphatic carbocycles. The van der Waals surface area contributed by atoms with Crippen molar-refractivity contribution in [3.8, 4) is 5.75 Å². The van der Waals surface area contributed by atoms with E-state index < -0.39 is 0 Å². The van der Waals surface area contributed by atoms with Crippen LogP contribution in [0, 0.1) is 11.8 Å². The van der Waals surface area contributed by atoms with E-state index in [4.69, 9.17) is 16.3 Å². The maximum atomic E-state index is 12.6. The van der Waals surface area contributed by atoms with E-state index in [1.165, 1.54) is 0 Å². The summed E-state index contributed by atoms with van der Waals surface area (Å²) in [6.07, 6.45) is 4.53. The number of hydrogen-bond acceptors (Lipinski definition) is 4. The number of halogens is 1. The van der Waals surface area contributed by atoms with E-state index in [-0.39, 0.29) is 17.9 Å². The third-order valence-corrected chi connectivity index (χ3v) is 5.91. The van der Waals surface area contributed by atoms with Crippen LogP contribution in [-0.4, -0.2) is 74.5 Å². The van der Waals surface area contributed by atoms with E-state index in [0.717, 1.165) is 45.2 Å². The van der Waals surface area contributed by atoms with Gasteiger partial charge in [-0.15, -0.1) is 0 Å². The fourth-order valence-electron chi connectivity index (χ4n) is 3.62. The van der Waals surface area contributed by atoms with Crippen molar-refractivity contribution in [2.45, 2.75) is 32.1 Å². The molecule has 0 radical (unpaired) electrons. The molecular weight excluding hydrogens is 390 g/mol. The van der Waals surface area contributed by atoms with Crippen LogP contribution in [0.2, 0.25) is 5.02 Å². The summed E-state index contributed by atoms with van der Waals surface area (Å²) in [7, 11) is 7.70. The van der Waals surface area contributed by atoms with Crippen LogP contribution in [-0.2, 0) is 4.79 Å². The van der Waals surface area contributed by atoms with Gasteiger partial charge in [-0.2, -0.15) is 0 Å². The Bertz CT molecular complexity index is 658. The average Bonchev–Trinajstić information content (AvgIpc) is 2.71. The molecule has 6 nitrogen and oxygen atoms in total. The number of hydrogen-bond donors (Lipinski definition) is 0. The van der Waals surface area contributed by atoms with Gasteiger partial charge in [0.2, 0.25) is 5.91 Å². The van der Waals surface area contributed by atoms with Gasteiger partial charge in [-0.25, -0.2) is 4.79 Å². The van der Waals surface area contributed by atoms with Crippen molar-refractivity contribution in [3.63, 3.8) is 0 Å². The zero-order valence-corrected chi connectivity index (χ0v) is 18.8. The minimum absolute atomic E-state index is 0.144. The number of rotatable bonds is 8. The molecule has 1 saturated carbocycles. The number of ether oxygens (including phenoxy) is 1. The molecule has 0 aliphatic heterocycles. The number of carbonyl (C=O) groups excluding carboxylic acids is 2. The summed E-state index contributed by atoms with van der Waals surface area (Å²) in [6, 6.07) is 6.76. The SMILES string of the molecule is CN(C)CCN(C)C(=O)[C@H]1CC[C@H](CCN(C)C(=O)Oc2ccc(Cl)cc2)CC1. The zero-order chi connectivity index (χ0) is 21.4. The van der Waals surface area contributed by atoms with Gasteiger partial charge in [-0.3, -0.25) is 4.79 Å².